The molecule has 1 unspecified atom stereocenters. The zero-order chi connectivity index (χ0) is 14.1. The number of pyridine rings is 1. The highest BCUT2D eigenvalue weighted by atomic mass is 32.1. The van der Waals surface area contributed by atoms with Crippen LogP contribution in [0, 0.1) is 12.7 Å². The molecule has 0 saturated carbocycles. The molecule has 2 nitrogen and oxygen atoms in total. The number of halogens is 1. The first-order chi connectivity index (χ1) is 9.63. The number of fused-ring (bicyclic) bond motifs is 1. The first kappa shape index (κ1) is 13.2. The van der Waals surface area contributed by atoms with Crippen LogP contribution >= 0.6 is 11.3 Å². The molecule has 0 radical (unpaired) electrons. The summed E-state index contributed by atoms with van der Waals surface area (Å²) in [6.45, 7) is 2.04. The van der Waals surface area contributed by atoms with Crippen LogP contribution in [-0.2, 0) is 6.42 Å². The largest absolute Gasteiger partial charge is 0.323 e. The van der Waals surface area contributed by atoms with Gasteiger partial charge in [0, 0.05) is 33.9 Å². The van der Waals surface area contributed by atoms with Gasteiger partial charge in [0.05, 0.1) is 0 Å². The Balaban J connectivity index is 1.89. The van der Waals surface area contributed by atoms with Crippen LogP contribution in [0.15, 0.2) is 42.6 Å². The van der Waals surface area contributed by atoms with E-state index in [9.17, 15) is 4.39 Å². The van der Waals surface area contributed by atoms with Gasteiger partial charge in [-0.05, 0) is 42.1 Å². The average molecular weight is 286 g/mol. The summed E-state index contributed by atoms with van der Waals surface area (Å²) in [5, 5.41) is 1.04. The SMILES string of the molecule is Cc1cccnc1CC(N)c1cc2ccc(F)cc2s1. The van der Waals surface area contributed by atoms with E-state index in [1.807, 2.05) is 25.1 Å². The summed E-state index contributed by atoms with van der Waals surface area (Å²) in [7, 11) is 0. The van der Waals surface area contributed by atoms with Crippen LogP contribution < -0.4 is 5.73 Å². The predicted octanol–water partition coefficient (Wildman–Crippen LogP) is 3.99. The van der Waals surface area contributed by atoms with Crippen molar-refractivity contribution < 1.29 is 4.39 Å². The molecule has 0 amide bonds. The molecule has 0 bridgehead atoms. The topological polar surface area (TPSA) is 38.9 Å². The van der Waals surface area contributed by atoms with E-state index in [0.29, 0.717) is 6.42 Å². The number of hydrogen-bond donors (Lipinski definition) is 1. The lowest BCUT2D eigenvalue weighted by molar-refractivity contribution is 0.630. The van der Waals surface area contributed by atoms with Gasteiger partial charge in [0.2, 0.25) is 0 Å². The molecule has 0 fully saturated rings. The zero-order valence-electron chi connectivity index (χ0n) is 11.1. The van der Waals surface area contributed by atoms with Crippen molar-refractivity contribution in [2.45, 2.75) is 19.4 Å². The Bertz CT molecular complexity index is 751. The smallest absolute Gasteiger partial charge is 0.124 e. The molecule has 2 aromatic heterocycles. The lowest BCUT2D eigenvalue weighted by atomic mass is 10.1. The lowest BCUT2D eigenvalue weighted by Crippen LogP contribution is -2.13. The number of aryl methyl sites for hydroxylation is 1. The van der Waals surface area contributed by atoms with E-state index in [0.717, 1.165) is 26.2 Å². The Morgan fingerprint density at radius 2 is 2.15 bits per heavy atom. The van der Waals surface area contributed by atoms with Crippen molar-refractivity contribution in [1.29, 1.82) is 0 Å². The predicted molar refractivity (Wildman–Crippen MR) is 81.4 cm³/mol. The third-order valence-electron chi connectivity index (χ3n) is 3.40. The van der Waals surface area contributed by atoms with E-state index in [1.165, 1.54) is 6.07 Å². The highest BCUT2D eigenvalue weighted by Gasteiger charge is 2.13. The van der Waals surface area contributed by atoms with Gasteiger partial charge < -0.3 is 5.73 Å². The number of hydrogen-bond acceptors (Lipinski definition) is 3. The second-order valence-corrected chi connectivity index (χ2v) is 6.02. The molecule has 0 spiro atoms. The zero-order valence-corrected chi connectivity index (χ0v) is 12.0. The van der Waals surface area contributed by atoms with Crippen LogP contribution in [0.3, 0.4) is 0 Å². The van der Waals surface area contributed by atoms with E-state index >= 15 is 0 Å². The molecule has 0 aliphatic carbocycles. The maximum atomic E-state index is 13.2. The monoisotopic (exact) mass is 286 g/mol. The summed E-state index contributed by atoms with van der Waals surface area (Å²) < 4.78 is 14.2. The fourth-order valence-corrected chi connectivity index (χ4v) is 3.34. The Kier molecular flexibility index (Phi) is 3.51. The van der Waals surface area contributed by atoms with Crippen molar-refractivity contribution in [2.24, 2.45) is 5.73 Å². The van der Waals surface area contributed by atoms with Gasteiger partial charge in [-0.2, -0.15) is 0 Å². The van der Waals surface area contributed by atoms with Crippen LogP contribution in [0.25, 0.3) is 10.1 Å². The van der Waals surface area contributed by atoms with Gasteiger partial charge in [-0.3, -0.25) is 4.98 Å². The molecule has 2 heterocycles. The first-order valence-electron chi connectivity index (χ1n) is 6.48. The van der Waals surface area contributed by atoms with Crippen molar-refractivity contribution in [3.8, 4) is 0 Å². The van der Waals surface area contributed by atoms with Crippen molar-refractivity contribution in [3.63, 3.8) is 0 Å². The minimum absolute atomic E-state index is 0.107. The maximum absolute atomic E-state index is 13.2. The third-order valence-corrected chi connectivity index (χ3v) is 4.63. The minimum atomic E-state index is -0.208. The third kappa shape index (κ3) is 2.57. The van der Waals surface area contributed by atoms with E-state index in [1.54, 1.807) is 29.7 Å². The molecule has 0 aliphatic heterocycles. The van der Waals surface area contributed by atoms with Crippen LogP contribution in [-0.4, -0.2) is 4.98 Å². The fourth-order valence-electron chi connectivity index (χ4n) is 2.25. The van der Waals surface area contributed by atoms with Gasteiger partial charge in [-0.15, -0.1) is 11.3 Å². The molecular formula is C16H15FN2S. The molecule has 1 atom stereocenters. The van der Waals surface area contributed by atoms with Gasteiger partial charge in [0.25, 0.3) is 0 Å². The summed E-state index contributed by atoms with van der Waals surface area (Å²) in [6.07, 6.45) is 2.48. The molecular weight excluding hydrogens is 271 g/mol. The van der Waals surface area contributed by atoms with Crippen LogP contribution in [0.1, 0.15) is 22.2 Å². The molecule has 2 N–H and O–H groups in total. The second-order valence-electron chi connectivity index (χ2n) is 4.91. The standard InChI is InChI=1S/C16H15FN2S/c1-10-3-2-6-19-14(10)9-13(18)16-7-11-4-5-12(17)8-15(11)20-16/h2-8,13H,9,18H2,1H3. The van der Waals surface area contributed by atoms with E-state index in [2.05, 4.69) is 4.98 Å². The van der Waals surface area contributed by atoms with Gasteiger partial charge in [-0.1, -0.05) is 12.1 Å². The van der Waals surface area contributed by atoms with Gasteiger partial charge in [0.1, 0.15) is 5.82 Å². The molecule has 0 saturated heterocycles. The summed E-state index contributed by atoms with van der Waals surface area (Å²) >= 11 is 1.55. The minimum Gasteiger partial charge on any atom is -0.323 e. The molecule has 102 valence electrons. The van der Waals surface area contributed by atoms with Crippen molar-refractivity contribution in [2.75, 3.05) is 0 Å². The second kappa shape index (κ2) is 5.31. The van der Waals surface area contributed by atoms with Crippen LogP contribution in [0.5, 0.6) is 0 Å². The Morgan fingerprint density at radius 3 is 2.95 bits per heavy atom. The van der Waals surface area contributed by atoms with Gasteiger partial charge in [-0.25, -0.2) is 4.39 Å². The van der Waals surface area contributed by atoms with Crippen molar-refractivity contribution in [3.05, 3.63) is 64.5 Å². The van der Waals surface area contributed by atoms with Crippen molar-refractivity contribution >= 4 is 21.4 Å². The summed E-state index contributed by atoms with van der Waals surface area (Å²) in [4.78, 5) is 5.44. The molecule has 3 rings (SSSR count). The Morgan fingerprint density at radius 1 is 1.30 bits per heavy atom. The Labute approximate surface area is 121 Å². The summed E-state index contributed by atoms with van der Waals surface area (Å²) in [5.41, 5.74) is 8.44. The van der Waals surface area contributed by atoms with E-state index in [4.69, 9.17) is 5.73 Å². The summed E-state index contributed by atoms with van der Waals surface area (Å²) in [6, 6.07) is 10.7. The maximum Gasteiger partial charge on any atom is 0.124 e. The molecule has 4 heteroatoms. The van der Waals surface area contributed by atoms with Gasteiger partial charge in [0.15, 0.2) is 0 Å². The number of nitrogens with two attached hydrogens (primary N) is 1. The van der Waals surface area contributed by atoms with E-state index < -0.39 is 0 Å². The molecule has 0 aliphatic rings. The Hall–Kier alpha value is -1.78. The number of nitrogens with zero attached hydrogens (tertiary/aromatic N) is 1. The van der Waals surface area contributed by atoms with Crippen LogP contribution in [0.2, 0.25) is 0 Å². The quantitative estimate of drug-likeness (QED) is 0.790. The number of thiophene rings is 1. The number of rotatable bonds is 3. The summed E-state index contributed by atoms with van der Waals surface area (Å²) in [5.74, 6) is -0.208. The first-order valence-corrected chi connectivity index (χ1v) is 7.30. The number of aromatic nitrogens is 1. The normalized spacial score (nSPS) is 12.8. The number of benzene rings is 1. The average Bonchev–Trinajstić information content (AvgIpc) is 2.84. The van der Waals surface area contributed by atoms with E-state index in [-0.39, 0.29) is 11.9 Å². The molecule has 1 aromatic carbocycles. The highest BCUT2D eigenvalue weighted by molar-refractivity contribution is 7.19. The molecule has 20 heavy (non-hydrogen) atoms. The highest BCUT2D eigenvalue weighted by Crippen LogP contribution is 2.31. The van der Waals surface area contributed by atoms with Crippen molar-refractivity contribution in [1.82, 2.24) is 4.98 Å². The van der Waals surface area contributed by atoms with Gasteiger partial charge >= 0.3 is 0 Å². The fraction of sp³-hybridized carbons (Fsp3) is 0.188. The molecule has 3 aromatic rings. The lowest BCUT2D eigenvalue weighted by Gasteiger charge is -2.10. The van der Waals surface area contributed by atoms with Crippen LogP contribution in [0.4, 0.5) is 4.39 Å².